The van der Waals surface area contributed by atoms with Crippen molar-refractivity contribution in [3.63, 3.8) is 0 Å². The highest BCUT2D eigenvalue weighted by Crippen LogP contribution is 2.47. The second-order valence-corrected chi connectivity index (χ2v) is 3.82. The van der Waals surface area contributed by atoms with Crippen molar-refractivity contribution in [3.8, 4) is 11.5 Å². The van der Waals surface area contributed by atoms with Crippen LogP contribution in [0.1, 0.15) is 10.4 Å². The monoisotopic (exact) mass is 284 g/mol. The molecule has 7 heteroatoms. The fraction of sp³-hybridized carbons (Fsp3) is 0.222. The number of hydrogen-bond donors (Lipinski definition) is 1. The third-order valence-corrected chi connectivity index (χ3v) is 3.05. The summed E-state index contributed by atoms with van der Waals surface area (Å²) in [4.78, 5) is 11.4. The van der Waals surface area contributed by atoms with E-state index in [1.54, 1.807) is 0 Å². The lowest BCUT2D eigenvalue weighted by atomic mass is 10.2. The smallest absolute Gasteiger partial charge is 0.341 e. The van der Waals surface area contributed by atoms with Gasteiger partial charge in [0.05, 0.1) is 19.2 Å². The Balaban J connectivity index is 3.60. The Morgan fingerprint density at radius 3 is 2.12 bits per heavy atom. The van der Waals surface area contributed by atoms with Gasteiger partial charge in [-0.2, -0.15) is 0 Å². The Hall–Kier alpha value is -0.840. The summed E-state index contributed by atoms with van der Waals surface area (Å²) in [5.41, 5.74) is -0.200. The predicted octanol–water partition coefficient (Wildman–Crippen LogP) is 3.15. The summed E-state index contributed by atoms with van der Waals surface area (Å²) < 4.78 is 9.27. The van der Waals surface area contributed by atoms with Crippen molar-refractivity contribution in [1.29, 1.82) is 0 Å². The number of phenolic OH excluding ortho intramolecular Hbond substituents is 1. The lowest BCUT2D eigenvalue weighted by Gasteiger charge is -2.12. The SMILES string of the molecule is COC(=O)c1c(Cl)c(O)c(OC)c(Cl)c1Cl. The molecule has 0 aromatic heterocycles. The van der Waals surface area contributed by atoms with Crippen LogP contribution in [0.4, 0.5) is 0 Å². The van der Waals surface area contributed by atoms with Crippen molar-refractivity contribution in [2.24, 2.45) is 0 Å². The van der Waals surface area contributed by atoms with Gasteiger partial charge in [-0.15, -0.1) is 0 Å². The van der Waals surface area contributed by atoms with Gasteiger partial charge in [0.2, 0.25) is 0 Å². The maximum absolute atomic E-state index is 11.4. The lowest BCUT2D eigenvalue weighted by Crippen LogP contribution is -2.04. The van der Waals surface area contributed by atoms with Crippen LogP contribution in [-0.4, -0.2) is 25.3 Å². The van der Waals surface area contributed by atoms with Crippen molar-refractivity contribution in [1.82, 2.24) is 0 Å². The van der Waals surface area contributed by atoms with Crippen LogP contribution >= 0.6 is 34.8 Å². The van der Waals surface area contributed by atoms with E-state index in [0.29, 0.717) is 0 Å². The van der Waals surface area contributed by atoms with Gasteiger partial charge < -0.3 is 14.6 Å². The normalized spacial score (nSPS) is 10.1. The van der Waals surface area contributed by atoms with Gasteiger partial charge in [-0.3, -0.25) is 0 Å². The molecule has 0 spiro atoms. The molecule has 0 saturated heterocycles. The second kappa shape index (κ2) is 4.99. The number of phenols is 1. The third kappa shape index (κ3) is 2.00. The van der Waals surface area contributed by atoms with Crippen LogP contribution in [0.5, 0.6) is 11.5 Å². The predicted molar refractivity (Wildman–Crippen MR) is 61.0 cm³/mol. The van der Waals surface area contributed by atoms with Crippen LogP contribution in [-0.2, 0) is 4.74 Å². The van der Waals surface area contributed by atoms with Crippen molar-refractivity contribution >= 4 is 40.8 Å². The third-order valence-electron chi connectivity index (χ3n) is 1.85. The number of benzene rings is 1. The molecule has 4 nitrogen and oxygen atoms in total. The average molecular weight is 286 g/mol. The molecule has 0 fully saturated rings. The molecule has 0 aliphatic carbocycles. The minimum absolute atomic E-state index is 0.0932. The van der Waals surface area contributed by atoms with E-state index in [-0.39, 0.29) is 26.4 Å². The van der Waals surface area contributed by atoms with E-state index in [4.69, 9.17) is 39.5 Å². The first-order valence-corrected chi connectivity index (χ1v) is 5.10. The van der Waals surface area contributed by atoms with E-state index in [9.17, 15) is 9.90 Å². The Morgan fingerprint density at radius 2 is 1.69 bits per heavy atom. The molecule has 1 rings (SSSR count). The van der Waals surface area contributed by atoms with Crippen LogP contribution < -0.4 is 4.74 Å². The summed E-state index contributed by atoms with van der Waals surface area (Å²) in [7, 11) is 2.44. The van der Waals surface area contributed by atoms with Crippen molar-refractivity contribution in [3.05, 3.63) is 20.6 Å². The number of esters is 1. The fourth-order valence-corrected chi connectivity index (χ4v) is 1.92. The molecule has 0 atom stereocenters. The van der Waals surface area contributed by atoms with Gasteiger partial charge in [0, 0.05) is 0 Å². The molecule has 16 heavy (non-hydrogen) atoms. The van der Waals surface area contributed by atoms with Gasteiger partial charge in [-0.05, 0) is 0 Å². The van der Waals surface area contributed by atoms with Gasteiger partial charge in [0.25, 0.3) is 0 Å². The molecule has 0 aliphatic rings. The molecule has 88 valence electrons. The minimum atomic E-state index is -0.796. The second-order valence-electron chi connectivity index (χ2n) is 2.69. The van der Waals surface area contributed by atoms with Crippen LogP contribution in [0.2, 0.25) is 15.1 Å². The van der Waals surface area contributed by atoms with Crippen LogP contribution in [0.15, 0.2) is 0 Å². The number of ether oxygens (including phenoxy) is 2. The molecule has 0 unspecified atom stereocenters. The first-order valence-electron chi connectivity index (χ1n) is 3.97. The first kappa shape index (κ1) is 13.2. The number of methoxy groups -OCH3 is 2. The van der Waals surface area contributed by atoms with Gasteiger partial charge in [0.15, 0.2) is 11.5 Å². The van der Waals surface area contributed by atoms with E-state index in [1.165, 1.54) is 7.11 Å². The van der Waals surface area contributed by atoms with E-state index < -0.39 is 11.7 Å². The summed E-state index contributed by atoms with van der Waals surface area (Å²) in [6.45, 7) is 0. The number of aromatic hydroxyl groups is 1. The number of halogens is 3. The maximum Gasteiger partial charge on any atom is 0.341 e. The number of rotatable bonds is 2. The van der Waals surface area contributed by atoms with Crippen LogP contribution in [0, 0.1) is 0 Å². The molecule has 0 radical (unpaired) electrons. The first-order chi connectivity index (χ1) is 7.45. The van der Waals surface area contributed by atoms with Crippen molar-refractivity contribution in [2.75, 3.05) is 14.2 Å². The molecule has 1 aromatic carbocycles. The highest BCUT2D eigenvalue weighted by atomic mass is 35.5. The van der Waals surface area contributed by atoms with Gasteiger partial charge in [-0.1, -0.05) is 34.8 Å². The number of hydrogen-bond acceptors (Lipinski definition) is 4. The fourth-order valence-electron chi connectivity index (χ4n) is 1.10. The lowest BCUT2D eigenvalue weighted by molar-refractivity contribution is 0.0600. The minimum Gasteiger partial charge on any atom is -0.503 e. The van der Waals surface area contributed by atoms with Crippen LogP contribution in [0.3, 0.4) is 0 Å². The van der Waals surface area contributed by atoms with Gasteiger partial charge >= 0.3 is 5.97 Å². The molecule has 0 aliphatic heterocycles. The largest absolute Gasteiger partial charge is 0.503 e. The van der Waals surface area contributed by atoms with Crippen LogP contribution in [0.25, 0.3) is 0 Å². The molecule has 0 heterocycles. The maximum atomic E-state index is 11.4. The Labute approximate surface area is 107 Å². The highest BCUT2D eigenvalue weighted by molar-refractivity contribution is 6.47. The topological polar surface area (TPSA) is 55.8 Å². The Kier molecular flexibility index (Phi) is 4.13. The van der Waals surface area contributed by atoms with Crippen molar-refractivity contribution < 1.29 is 19.4 Å². The number of carbonyl (C=O) groups excluding carboxylic acids is 1. The molecule has 0 saturated carbocycles. The van der Waals surface area contributed by atoms with E-state index in [1.807, 2.05) is 0 Å². The zero-order valence-electron chi connectivity index (χ0n) is 8.31. The summed E-state index contributed by atoms with van der Waals surface area (Å²) >= 11 is 17.4. The molecule has 1 aromatic rings. The molecular formula is C9H7Cl3O4. The summed E-state index contributed by atoms with van der Waals surface area (Å²) in [6, 6.07) is 0. The molecular weight excluding hydrogens is 278 g/mol. The zero-order chi connectivity index (χ0) is 12.5. The van der Waals surface area contributed by atoms with E-state index >= 15 is 0 Å². The van der Waals surface area contributed by atoms with E-state index in [0.717, 1.165) is 7.11 Å². The molecule has 0 bridgehead atoms. The average Bonchev–Trinajstić information content (AvgIpc) is 2.27. The standard InChI is InChI=1S/C9H7Cl3O4/c1-15-8-6(12)4(10)3(9(14)16-2)5(11)7(8)13/h13H,1-2H3. The van der Waals surface area contributed by atoms with Gasteiger partial charge in [0.1, 0.15) is 15.6 Å². The summed E-state index contributed by atoms with van der Waals surface area (Å²) in [5, 5.41) is 9.12. The molecule has 0 amide bonds. The highest BCUT2D eigenvalue weighted by Gasteiger charge is 2.26. The van der Waals surface area contributed by atoms with Gasteiger partial charge in [-0.25, -0.2) is 4.79 Å². The summed E-state index contributed by atoms with van der Waals surface area (Å²) in [5.74, 6) is -1.35. The quantitative estimate of drug-likeness (QED) is 0.670. The Morgan fingerprint density at radius 1 is 1.12 bits per heavy atom. The number of carbonyl (C=O) groups is 1. The van der Waals surface area contributed by atoms with E-state index in [2.05, 4.69) is 4.74 Å². The zero-order valence-corrected chi connectivity index (χ0v) is 10.6. The summed E-state index contributed by atoms with van der Waals surface area (Å²) in [6.07, 6.45) is 0. The molecule has 1 N–H and O–H groups in total. The Bertz CT molecular complexity index is 416. The van der Waals surface area contributed by atoms with Crippen molar-refractivity contribution in [2.45, 2.75) is 0 Å².